The fourth-order valence-corrected chi connectivity index (χ4v) is 4.77. The van der Waals surface area contributed by atoms with E-state index in [1.165, 1.54) is 25.3 Å². The lowest BCUT2D eigenvalue weighted by Crippen LogP contribution is -2.32. The summed E-state index contributed by atoms with van der Waals surface area (Å²) in [5, 5.41) is 13.4. The molecule has 3 N–H and O–H groups in total. The molecule has 1 aliphatic rings. The van der Waals surface area contributed by atoms with Gasteiger partial charge in [0.1, 0.15) is 23.9 Å². The third-order valence-corrected chi connectivity index (χ3v) is 6.79. The Bertz CT molecular complexity index is 1310. The summed E-state index contributed by atoms with van der Waals surface area (Å²) in [5.74, 6) is -0.196. The minimum Gasteiger partial charge on any atom is -0.506 e. The molecule has 4 rings (SSSR count). The molecule has 33 heavy (non-hydrogen) atoms. The van der Waals surface area contributed by atoms with Crippen molar-refractivity contribution in [1.82, 2.24) is 0 Å². The molecule has 0 bridgehead atoms. The van der Waals surface area contributed by atoms with Gasteiger partial charge < -0.3 is 19.9 Å². The summed E-state index contributed by atoms with van der Waals surface area (Å²) in [6, 6.07) is 15.4. The number of phenolic OH excluding ortho intramolecular Hbond substituents is 1. The van der Waals surface area contributed by atoms with Crippen LogP contribution in [0.5, 0.6) is 17.2 Å². The molecule has 8 nitrogen and oxygen atoms in total. The van der Waals surface area contributed by atoms with E-state index in [2.05, 4.69) is 10.0 Å². The molecule has 0 aliphatic carbocycles. The summed E-state index contributed by atoms with van der Waals surface area (Å²) in [7, 11) is -2.59. The van der Waals surface area contributed by atoms with Crippen molar-refractivity contribution in [2.45, 2.75) is 11.3 Å². The van der Waals surface area contributed by atoms with E-state index in [1.54, 1.807) is 42.5 Å². The normalized spacial score (nSPS) is 15.2. The molecule has 0 aromatic heterocycles. The zero-order valence-corrected chi connectivity index (χ0v) is 19.1. The predicted molar refractivity (Wildman–Crippen MR) is 125 cm³/mol. The summed E-state index contributed by atoms with van der Waals surface area (Å²) >= 11 is 6.03. The molecular weight excluding hydrogens is 468 g/mol. The minimum absolute atomic E-state index is 0.0280. The van der Waals surface area contributed by atoms with E-state index in [0.29, 0.717) is 22.9 Å². The van der Waals surface area contributed by atoms with Crippen LogP contribution in [0.4, 0.5) is 11.4 Å². The molecule has 0 saturated heterocycles. The lowest BCUT2D eigenvalue weighted by Gasteiger charge is -2.25. The van der Waals surface area contributed by atoms with E-state index in [9.17, 15) is 18.3 Å². The van der Waals surface area contributed by atoms with Crippen molar-refractivity contribution in [2.24, 2.45) is 5.92 Å². The number of amides is 1. The van der Waals surface area contributed by atoms with Crippen LogP contribution in [0.15, 0.2) is 65.6 Å². The molecule has 1 heterocycles. The Morgan fingerprint density at radius 1 is 1.12 bits per heavy atom. The molecule has 0 spiro atoms. The summed E-state index contributed by atoms with van der Waals surface area (Å²) in [5.41, 5.74) is 1.03. The van der Waals surface area contributed by atoms with Crippen molar-refractivity contribution in [1.29, 1.82) is 0 Å². The van der Waals surface area contributed by atoms with Crippen LogP contribution in [0.3, 0.4) is 0 Å². The number of phenols is 1. The number of para-hydroxylation sites is 2. The molecule has 172 valence electrons. The zero-order chi connectivity index (χ0) is 23.6. The van der Waals surface area contributed by atoms with Crippen molar-refractivity contribution in [3.63, 3.8) is 0 Å². The number of hydrogen-bond donors (Lipinski definition) is 3. The van der Waals surface area contributed by atoms with Gasteiger partial charge in [-0.15, -0.1) is 0 Å². The van der Waals surface area contributed by atoms with Crippen molar-refractivity contribution in [3.05, 3.63) is 71.2 Å². The monoisotopic (exact) mass is 488 g/mol. The average molecular weight is 489 g/mol. The van der Waals surface area contributed by atoms with E-state index in [-0.39, 0.29) is 28.6 Å². The maximum absolute atomic E-state index is 12.9. The lowest BCUT2D eigenvalue weighted by atomic mass is 9.96. The van der Waals surface area contributed by atoms with Crippen molar-refractivity contribution >= 4 is 38.9 Å². The Hall–Kier alpha value is -3.43. The number of fused-ring (bicyclic) bond motifs is 1. The first kappa shape index (κ1) is 22.8. The highest BCUT2D eigenvalue weighted by Gasteiger charge is 2.27. The highest BCUT2D eigenvalue weighted by atomic mass is 35.5. The average Bonchev–Trinajstić information content (AvgIpc) is 2.80. The molecule has 0 unspecified atom stereocenters. The molecule has 0 radical (unpaired) electrons. The van der Waals surface area contributed by atoms with E-state index < -0.39 is 21.8 Å². The van der Waals surface area contributed by atoms with Crippen molar-refractivity contribution in [2.75, 3.05) is 23.8 Å². The van der Waals surface area contributed by atoms with Gasteiger partial charge in [0.05, 0.1) is 29.3 Å². The van der Waals surface area contributed by atoms with Gasteiger partial charge in [0.15, 0.2) is 0 Å². The maximum atomic E-state index is 12.9. The number of halogens is 1. The van der Waals surface area contributed by atoms with Gasteiger partial charge in [-0.2, -0.15) is 0 Å². The highest BCUT2D eigenvalue weighted by molar-refractivity contribution is 7.92. The summed E-state index contributed by atoms with van der Waals surface area (Å²) in [6.45, 7) is 0.147. The molecule has 10 heteroatoms. The van der Waals surface area contributed by atoms with Crippen LogP contribution < -0.4 is 19.5 Å². The second kappa shape index (κ2) is 9.21. The first-order valence-electron chi connectivity index (χ1n) is 9.98. The number of sulfonamides is 1. The summed E-state index contributed by atoms with van der Waals surface area (Å²) in [6.07, 6.45) is 0.399. The third-order valence-electron chi connectivity index (χ3n) is 5.19. The van der Waals surface area contributed by atoms with E-state index in [0.717, 1.165) is 5.56 Å². The molecule has 0 saturated carbocycles. The smallest absolute Gasteiger partial charge is 0.262 e. The van der Waals surface area contributed by atoms with Gasteiger partial charge in [0.25, 0.3) is 10.0 Å². The largest absolute Gasteiger partial charge is 0.506 e. The number of aromatic hydroxyl groups is 1. The molecule has 3 aromatic rings. The second-order valence-corrected chi connectivity index (χ2v) is 9.56. The number of hydrogen-bond acceptors (Lipinski definition) is 6. The molecule has 1 amide bonds. The topological polar surface area (TPSA) is 114 Å². The maximum Gasteiger partial charge on any atom is 0.262 e. The first-order chi connectivity index (χ1) is 15.8. The third kappa shape index (κ3) is 4.99. The number of benzene rings is 3. The van der Waals surface area contributed by atoms with Gasteiger partial charge in [0, 0.05) is 5.02 Å². The summed E-state index contributed by atoms with van der Waals surface area (Å²) < 4.78 is 39.1. The van der Waals surface area contributed by atoms with Gasteiger partial charge in [-0.25, -0.2) is 8.42 Å². The van der Waals surface area contributed by atoms with Gasteiger partial charge in [-0.3, -0.25) is 9.52 Å². The Morgan fingerprint density at radius 2 is 1.91 bits per heavy atom. The van der Waals surface area contributed by atoms with Gasteiger partial charge in [-0.1, -0.05) is 23.7 Å². The number of carbonyl (C=O) groups is 1. The minimum atomic E-state index is -4.02. The number of methoxy groups -OCH3 is 1. The fourth-order valence-electron chi connectivity index (χ4n) is 3.48. The molecule has 0 fully saturated rings. The van der Waals surface area contributed by atoms with E-state index >= 15 is 0 Å². The van der Waals surface area contributed by atoms with Crippen LogP contribution in [-0.2, 0) is 21.2 Å². The molecule has 3 aromatic carbocycles. The predicted octanol–water partition coefficient (Wildman–Crippen LogP) is 4.04. The van der Waals surface area contributed by atoms with Crippen LogP contribution in [0.25, 0.3) is 0 Å². The Kier molecular flexibility index (Phi) is 6.35. The van der Waals surface area contributed by atoms with Crippen LogP contribution in [0.1, 0.15) is 5.56 Å². The Labute approximate surface area is 196 Å². The molecular formula is C23H21ClN2O6S. The number of rotatable bonds is 6. The zero-order valence-electron chi connectivity index (χ0n) is 17.5. The molecule has 1 atom stereocenters. The first-order valence-corrected chi connectivity index (χ1v) is 11.8. The van der Waals surface area contributed by atoms with Crippen LogP contribution in [-0.4, -0.2) is 33.1 Å². The Balaban J connectivity index is 1.53. The fraction of sp³-hybridized carbons (Fsp3) is 0.174. The van der Waals surface area contributed by atoms with Crippen LogP contribution >= 0.6 is 11.6 Å². The van der Waals surface area contributed by atoms with E-state index in [4.69, 9.17) is 21.1 Å². The quantitative estimate of drug-likeness (QED) is 0.451. The SMILES string of the molecule is COc1ccccc1NS(=O)(=O)c1ccc(O)c(NC(=O)[C@H]2COc3ccc(Cl)cc3C2)c1. The lowest BCUT2D eigenvalue weighted by molar-refractivity contribution is -0.121. The van der Waals surface area contributed by atoms with Crippen molar-refractivity contribution < 1.29 is 27.8 Å². The summed E-state index contributed by atoms with van der Waals surface area (Å²) in [4.78, 5) is 12.7. The van der Waals surface area contributed by atoms with E-state index in [1.807, 2.05) is 0 Å². The standard InChI is InChI=1S/C23H21ClN2O6S/c1-31-22-5-3-2-4-18(22)26-33(29,30)17-7-8-20(27)19(12-17)25-23(28)15-10-14-11-16(24)6-9-21(14)32-13-15/h2-9,11-12,15,26-27H,10,13H2,1H3,(H,25,28)/t15-/m1/s1. The second-order valence-electron chi connectivity index (χ2n) is 7.44. The highest BCUT2D eigenvalue weighted by Crippen LogP contribution is 2.33. The molecule has 1 aliphatic heterocycles. The van der Waals surface area contributed by atoms with Gasteiger partial charge in [-0.05, 0) is 60.5 Å². The van der Waals surface area contributed by atoms with Crippen molar-refractivity contribution in [3.8, 4) is 17.2 Å². The number of anilines is 2. The Morgan fingerprint density at radius 3 is 2.70 bits per heavy atom. The number of ether oxygens (including phenoxy) is 2. The van der Waals surface area contributed by atoms with Crippen LogP contribution in [0, 0.1) is 5.92 Å². The van der Waals surface area contributed by atoms with Crippen LogP contribution in [0.2, 0.25) is 5.02 Å². The number of nitrogens with one attached hydrogen (secondary N) is 2. The van der Waals surface area contributed by atoms with Gasteiger partial charge in [0.2, 0.25) is 5.91 Å². The van der Waals surface area contributed by atoms with Gasteiger partial charge >= 0.3 is 0 Å². The number of carbonyl (C=O) groups excluding carboxylic acids is 1.